The summed E-state index contributed by atoms with van der Waals surface area (Å²) in [6.07, 6.45) is -0.466. The zero-order chi connectivity index (χ0) is 26.3. The van der Waals surface area contributed by atoms with E-state index in [-0.39, 0.29) is 18.5 Å². The number of esters is 1. The van der Waals surface area contributed by atoms with Crippen molar-refractivity contribution in [3.05, 3.63) is 71.8 Å². The highest BCUT2D eigenvalue weighted by molar-refractivity contribution is 5.77. The van der Waals surface area contributed by atoms with Gasteiger partial charge in [-0.25, -0.2) is 4.79 Å². The van der Waals surface area contributed by atoms with Gasteiger partial charge in [-0.3, -0.25) is 9.69 Å². The average molecular weight is 497 g/mol. The third-order valence-corrected chi connectivity index (χ3v) is 6.18. The maximum Gasteiger partial charge on any atom is 0.407 e. The summed E-state index contributed by atoms with van der Waals surface area (Å²) in [4.78, 5) is 28.1. The lowest BCUT2D eigenvalue weighted by Crippen LogP contribution is -2.53. The highest BCUT2D eigenvalue weighted by Gasteiger charge is 2.49. The molecule has 2 N–H and O–H groups in total. The molecule has 1 aliphatic heterocycles. The van der Waals surface area contributed by atoms with Crippen LogP contribution in [-0.2, 0) is 27.4 Å². The Kier molecular flexibility index (Phi) is 9.51. The quantitative estimate of drug-likeness (QED) is 0.491. The number of aliphatic hydroxyl groups excluding tert-OH is 1. The fraction of sp³-hybridized carbons (Fsp3) is 0.517. The minimum Gasteiger partial charge on any atom is -0.459 e. The highest BCUT2D eigenvalue weighted by Crippen LogP contribution is 2.33. The van der Waals surface area contributed by atoms with Crippen LogP contribution in [-0.4, -0.2) is 51.9 Å². The second-order valence-electron chi connectivity index (χ2n) is 10.9. The van der Waals surface area contributed by atoms with E-state index in [4.69, 9.17) is 9.47 Å². The Morgan fingerprint density at radius 2 is 1.61 bits per heavy atom. The van der Waals surface area contributed by atoms with Crippen LogP contribution in [0.4, 0.5) is 4.79 Å². The first-order valence-corrected chi connectivity index (χ1v) is 12.7. The third-order valence-electron chi connectivity index (χ3n) is 6.18. The molecule has 1 heterocycles. The first-order valence-electron chi connectivity index (χ1n) is 12.7. The van der Waals surface area contributed by atoms with Gasteiger partial charge in [0.15, 0.2) is 0 Å². The molecule has 0 aromatic heterocycles. The fourth-order valence-corrected chi connectivity index (χ4v) is 4.74. The number of likely N-dealkylation sites (tertiary alicyclic amines) is 1. The number of ether oxygens (including phenoxy) is 2. The Hall–Kier alpha value is -2.90. The van der Waals surface area contributed by atoms with E-state index in [2.05, 4.69) is 5.32 Å². The van der Waals surface area contributed by atoms with E-state index < -0.39 is 35.9 Å². The molecular weight excluding hydrogens is 456 g/mol. The number of alkyl carbamates (subject to hydrolysis) is 1. The number of hydrogen-bond donors (Lipinski definition) is 2. The maximum atomic E-state index is 13.3. The molecule has 0 radical (unpaired) electrons. The molecule has 7 nitrogen and oxygen atoms in total. The second kappa shape index (κ2) is 12.4. The molecule has 4 atom stereocenters. The van der Waals surface area contributed by atoms with Crippen molar-refractivity contribution in [2.24, 2.45) is 5.92 Å². The van der Waals surface area contributed by atoms with E-state index in [0.29, 0.717) is 19.4 Å². The van der Waals surface area contributed by atoms with Crippen LogP contribution in [0, 0.1) is 5.92 Å². The Morgan fingerprint density at radius 3 is 2.17 bits per heavy atom. The lowest BCUT2D eigenvalue weighted by Gasteiger charge is -2.35. The molecule has 2 unspecified atom stereocenters. The number of hydrogen-bond acceptors (Lipinski definition) is 6. The minimum atomic E-state index is -0.749. The topological polar surface area (TPSA) is 88.1 Å². The molecule has 196 valence electrons. The van der Waals surface area contributed by atoms with Crippen molar-refractivity contribution < 1.29 is 24.2 Å². The van der Waals surface area contributed by atoms with Gasteiger partial charge in [0.25, 0.3) is 0 Å². The molecule has 0 bridgehead atoms. The van der Waals surface area contributed by atoms with Crippen LogP contribution < -0.4 is 5.32 Å². The summed E-state index contributed by atoms with van der Waals surface area (Å²) in [6.45, 7) is 10.2. The molecule has 1 aliphatic rings. The summed E-state index contributed by atoms with van der Waals surface area (Å²) in [5, 5.41) is 14.3. The Labute approximate surface area is 214 Å². The SMILES string of the molecule is CC(C)CC(O)[C@H]1[C@H](NC(=O)OCc2ccccc2)CC(C(=O)OC(C)(C)C)N1Cc1ccccc1. The van der Waals surface area contributed by atoms with Gasteiger partial charge in [0.2, 0.25) is 0 Å². The number of nitrogens with one attached hydrogen (secondary N) is 1. The summed E-state index contributed by atoms with van der Waals surface area (Å²) in [6, 6.07) is 17.7. The van der Waals surface area contributed by atoms with Crippen molar-refractivity contribution in [3.8, 4) is 0 Å². The number of aliphatic hydroxyl groups is 1. The van der Waals surface area contributed by atoms with Gasteiger partial charge in [-0.2, -0.15) is 0 Å². The van der Waals surface area contributed by atoms with E-state index in [0.717, 1.165) is 11.1 Å². The average Bonchev–Trinajstić information content (AvgIpc) is 3.15. The lowest BCUT2D eigenvalue weighted by atomic mass is 9.95. The van der Waals surface area contributed by atoms with Gasteiger partial charge < -0.3 is 19.9 Å². The molecule has 0 aliphatic carbocycles. The molecule has 0 spiro atoms. The van der Waals surface area contributed by atoms with Crippen molar-refractivity contribution >= 4 is 12.1 Å². The normalized spacial score (nSPS) is 21.2. The highest BCUT2D eigenvalue weighted by atomic mass is 16.6. The van der Waals surface area contributed by atoms with Gasteiger partial charge in [0, 0.05) is 6.54 Å². The van der Waals surface area contributed by atoms with Crippen LogP contribution in [0.2, 0.25) is 0 Å². The molecule has 7 heteroatoms. The van der Waals surface area contributed by atoms with Gasteiger partial charge in [-0.1, -0.05) is 74.5 Å². The number of carbonyl (C=O) groups excluding carboxylic acids is 2. The largest absolute Gasteiger partial charge is 0.459 e. The lowest BCUT2D eigenvalue weighted by molar-refractivity contribution is -0.161. The van der Waals surface area contributed by atoms with Crippen LogP contribution >= 0.6 is 0 Å². The number of carbonyl (C=O) groups is 2. The van der Waals surface area contributed by atoms with Crippen molar-refractivity contribution in [3.63, 3.8) is 0 Å². The smallest absolute Gasteiger partial charge is 0.407 e. The van der Waals surface area contributed by atoms with Crippen LogP contribution in [0.3, 0.4) is 0 Å². The summed E-state index contributed by atoms with van der Waals surface area (Å²) < 4.78 is 11.2. The first-order chi connectivity index (χ1) is 17.0. The van der Waals surface area contributed by atoms with Gasteiger partial charge in [-0.05, 0) is 50.7 Å². The minimum absolute atomic E-state index is 0.141. The predicted octanol–water partition coefficient (Wildman–Crippen LogP) is 4.67. The molecule has 36 heavy (non-hydrogen) atoms. The van der Waals surface area contributed by atoms with Crippen molar-refractivity contribution in [2.75, 3.05) is 0 Å². The zero-order valence-electron chi connectivity index (χ0n) is 22.0. The van der Waals surface area contributed by atoms with E-state index in [1.807, 2.05) is 100 Å². The summed E-state index contributed by atoms with van der Waals surface area (Å²) >= 11 is 0. The molecule has 1 amide bonds. The Balaban J connectivity index is 1.85. The Bertz CT molecular complexity index is 974. The fourth-order valence-electron chi connectivity index (χ4n) is 4.74. The number of rotatable bonds is 9. The molecular formula is C29H40N2O5. The molecule has 2 aromatic rings. The van der Waals surface area contributed by atoms with Crippen LogP contribution in [0.25, 0.3) is 0 Å². The molecule has 1 saturated heterocycles. The van der Waals surface area contributed by atoms with Crippen LogP contribution in [0.1, 0.15) is 58.6 Å². The van der Waals surface area contributed by atoms with Crippen molar-refractivity contribution in [1.82, 2.24) is 10.2 Å². The maximum absolute atomic E-state index is 13.3. The van der Waals surface area contributed by atoms with Crippen LogP contribution in [0.5, 0.6) is 0 Å². The molecule has 3 rings (SSSR count). The van der Waals surface area contributed by atoms with Crippen molar-refractivity contribution in [1.29, 1.82) is 0 Å². The van der Waals surface area contributed by atoms with Crippen molar-refractivity contribution in [2.45, 2.75) is 90.4 Å². The van der Waals surface area contributed by atoms with Gasteiger partial charge in [-0.15, -0.1) is 0 Å². The predicted molar refractivity (Wildman–Crippen MR) is 139 cm³/mol. The number of nitrogens with zero attached hydrogens (tertiary/aromatic N) is 1. The Morgan fingerprint density at radius 1 is 1.03 bits per heavy atom. The third kappa shape index (κ3) is 8.07. The standard InChI is InChI=1S/C29H40N2O5/c1-20(2)16-25(32)26-23(30-28(34)35-19-22-14-10-7-11-15-22)17-24(27(33)36-29(3,4)5)31(26)18-21-12-8-6-9-13-21/h6-15,20,23-26,32H,16-19H2,1-5H3,(H,30,34)/t23-,24?,25?,26-/m1/s1. The van der Waals surface area contributed by atoms with E-state index >= 15 is 0 Å². The van der Waals surface area contributed by atoms with E-state index in [9.17, 15) is 14.7 Å². The van der Waals surface area contributed by atoms with Crippen LogP contribution in [0.15, 0.2) is 60.7 Å². The van der Waals surface area contributed by atoms with Gasteiger partial charge in [0.1, 0.15) is 18.2 Å². The first kappa shape index (κ1) is 27.7. The molecule has 0 saturated carbocycles. The summed E-state index contributed by atoms with van der Waals surface area (Å²) in [7, 11) is 0. The van der Waals surface area contributed by atoms with Gasteiger partial charge >= 0.3 is 12.1 Å². The molecule has 1 fully saturated rings. The second-order valence-corrected chi connectivity index (χ2v) is 10.9. The monoisotopic (exact) mass is 496 g/mol. The van der Waals surface area contributed by atoms with E-state index in [1.54, 1.807) is 0 Å². The summed E-state index contributed by atoms with van der Waals surface area (Å²) in [5.41, 5.74) is 1.25. The zero-order valence-corrected chi connectivity index (χ0v) is 22.0. The molecule has 2 aromatic carbocycles. The van der Waals surface area contributed by atoms with Gasteiger partial charge in [0.05, 0.1) is 18.2 Å². The number of benzene rings is 2. The number of amides is 1. The van der Waals surface area contributed by atoms with E-state index in [1.165, 1.54) is 0 Å². The summed E-state index contributed by atoms with van der Waals surface area (Å²) in [5.74, 6) is -0.119.